The van der Waals surface area contributed by atoms with E-state index in [4.69, 9.17) is 0 Å². The Kier molecular flexibility index (Phi) is 2.82. The van der Waals surface area contributed by atoms with Gasteiger partial charge >= 0.3 is 0 Å². The van der Waals surface area contributed by atoms with Crippen molar-refractivity contribution in [2.75, 3.05) is 0 Å². The van der Waals surface area contributed by atoms with Crippen molar-refractivity contribution in [1.29, 1.82) is 0 Å². The van der Waals surface area contributed by atoms with Gasteiger partial charge in [0, 0.05) is 6.07 Å². The van der Waals surface area contributed by atoms with Crippen LogP contribution in [0, 0.1) is 0 Å². The van der Waals surface area contributed by atoms with Crippen LogP contribution in [0.4, 0.5) is 0 Å². The second kappa shape index (κ2) is 4.52. The van der Waals surface area contributed by atoms with Gasteiger partial charge in [-0.2, -0.15) is 4.52 Å². The predicted octanol–water partition coefficient (Wildman–Crippen LogP) is 1.52. The molecule has 1 aromatic carbocycles. The largest absolute Gasteiger partial charge is 0.493 e. The molecule has 20 heavy (non-hydrogen) atoms. The number of rotatable bonds is 3. The third-order valence-electron chi connectivity index (χ3n) is 3.37. The molecule has 0 unspecified atom stereocenters. The summed E-state index contributed by atoms with van der Waals surface area (Å²) in [6, 6.07) is 10.3. The molecule has 1 N–H and O–H groups in total. The number of hydrogen-bond donors (Lipinski definition) is 1. The average molecular weight is 270 g/mol. The molecule has 102 valence electrons. The summed E-state index contributed by atoms with van der Waals surface area (Å²) in [6.07, 6.45) is 1.43. The molecule has 0 radical (unpaired) electrons. The lowest BCUT2D eigenvalue weighted by Gasteiger charge is -1.95. The van der Waals surface area contributed by atoms with E-state index in [0.29, 0.717) is 17.7 Å². The summed E-state index contributed by atoms with van der Waals surface area (Å²) in [5, 5.41) is 10.2. The highest BCUT2D eigenvalue weighted by molar-refractivity contribution is 5.67. The molecule has 0 spiro atoms. The van der Waals surface area contributed by atoms with E-state index in [2.05, 4.69) is 0 Å². The van der Waals surface area contributed by atoms with E-state index in [1.807, 2.05) is 13.0 Å². The molecule has 0 fully saturated rings. The quantitative estimate of drug-likeness (QED) is 0.785. The maximum atomic E-state index is 12.5. The topological polar surface area (TPSA) is 63.2 Å². The van der Waals surface area contributed by atoms with Gasteiger partial charge in [-0.3, -0.25) is 9.59 Å². The first-order valence-electron chi connectivity index (χ1n) is 6.52. The SMILES string of the molecule is CCCc1cc(=O)n2c(O)c(-c3ccccc3)c(=O)n12. The van der Waals surface area contributed by atoms with Crippen molar-refractivity contribution in [1.82, 2.24) is 9.03 Å². The molecule has 3 aromatic rings. The Balaban J connectivity index is 2.39. The van der Waals surface area contributed by atoms with Gasteiger partial charge in [0.15, 0.2) is 0 Å². The van der Waals surface area contributed by atoms with Gasteiger partial charge in [0.05, 0.1) is 5.69 Å². The first-order valence-corrected chi connectivity index (χ1v) is 6.52. The van der Waals surface area contributed by atoms with Gasteiger partial charge in [0.1, 0.15) is 5.56 Å². The van der Waals surface area contributed by atoms with Crippen molar-refractivity contribution < 1.29 is 5.11 Å². The summed E-state index contributed by atoms with van der Waals surface area (Å²) < 4.78 is 2.30. The Hall–Kier alpha value is -2.56. The van der Waals surface area contributed by atoms with Gasteiger partial charge in [-0.05, 0) is 12.0 Å². The number of hydrogen-bond acceptors (Lipinski definition) is 3. The fraction of sp³-hybridized carbons (Fsp3) is 0.200. The van der Waals surface area contributed by atoms with Crippen molar-refractivity contribution in [3.8, 4) is 17.0 Å². The van der Waals surface area contributed by atoms with Crippen LogP contribution in [0.2, 0.25) is 0 Å². The zero-order chi connectivity index (χ0) is 14.3. The molecule has 0 atom stereocenters. The molecule has 2 aromatic heterocycles. The van der Waals surface area contributed by atoms with Gasteiger partial charge in [-0.1, -0.05) is 43.7 Å². The number of nitrogens with zero attached hydrogens (tertiary/aromatic N) is 2. The molecule has 0 aliphatic rings. The zero-order valence-corrected chi connectivity index (χ0v) is 11.0. The Bertz CT molecular complexity index is 862. The minimum absolute atomic E-state index is 0.167. The van der Waals surface area contributed by atoms with Crippen LogP contribution in [0.1, 0.15) is 19.0 Å². The molecular weight excluding hydrogens is 256 g/mol. The lowest BCUT2D eigenvalue weighted by molar-refractivity contribution is 0.434. The van der Waals surface area contributed by atoms with Gasteiger partial charge in [0.2, 0.25) is 5.88 Å². The third kappa shape index (κ3) is 1.63. The number of aromatic nitrogens is 2. The minimum Gasteiger partial charge on any atom is -0.493 e. The normalized spacial score (nSPS) is 11.2. The molecule has 2 heterocycles. The molecule has 5 nitrogen and oxygen atoms in total. The fourth-order valence-corrected chi connectivity index (χ4v) is 2.51. The van der Waals surface area contributed by atoms with Gasteiger partial charge in [-0.15, -0.1) is 0 Å². The highest BCUT2D eigenvalue weighted by Crippen LogP contribution is 2.25. The molecule has 0 aliphatic carbocycles. The molecule has 3 rings (SSSR count). The van der Waals surface area contributed by atoms with Crippen molar-refractivity contribution >= 4 is 0 Å². The van der Waals surface area contributed by atoms with Crippen LogP contribution in [0.5, 0.6) is 5.88 Å². The lowest BCUT2D eigenvalue weighted by atomic mass is 10.1. The first kappa shape index (κ1) is 12.5. The number of aryl methyl sites for hydroxylation is 1. The van der Waals surface area contributed by atoms with Crippen LogP contribution in [0.25, 0.3) is 11.1 Å². The van der Waals surface area contributed by atoms with Gasteiger partial charge < -0.3 is 5.11 Å². The predicted molar refractivity (Wildman–Crippen MR) is 75.7 cm³/mol. The van der Waals surface area contributed by atoms with Crippen LogP contribution in [0.15, 0.2) is 46.0 Å². The molecule has 0 bridgehead atoms. The number of benzene rings is 1. The van der Waals surface area contributed by atoms with Gasteiger partial charge in [0.25, 0.3) is 11.1 Å². The summed E-state index contributed by atoms with van der Waals surface area (Å²) in [6.45, 7) is 1.97. The van der Waals surface area contributed by atoms with Crippen LogP contribution >= 0.6 is 0 Å². The van der Waals surface area contributed by atoms with Crippen molar-refractivity contribution in [2.24, 2.45) is 0 Å². The highest BCUT2D eigenvalue weighted by atomic mass is 16.3. The molecule has 5 heteroatoms. The van der Waals surface area contributed by atoms with E-state index < -0.39 is 0 Å². The molecule has 0 amide bonds. The summed E-state index contributed by atoms with van der Waals surface area (Å²) in [7, 11) is 0. The van der Waals surface area contributed by atoms with E-state index in [1.54, 1.807) is 24.3 Å². The highest BCUT2D eigenvalue weighted by Gasteiger charge is 2.21. The summed E-state index contributed by atoms with van der Waals surface area (Å²) in [5.41, 5.74) is 0.651. The van der Waals surface area contributed by atoms with Crippen LogP contribution < -0.4 is 11.1 Å². The Morgan fingerprint density at radius 2 is 1.80 bits per heavy atom. The van der Waals surface area contributed by atoms with Crippen molar-refractivity contribution in [3.63, 3.8) is 0 Å². The monoisotopic (exact) mass is 270 g/mol. The smallest absolute Gasteiger partial charge is 0.283 e. The van der Waals surface area contributed by atoms with Crippen LogP contribution in [-0.2, 0) is 6.42 Å². The van der Waals surface area contributed by atoms with Gasteiger partial charge in [-0.25, -0.2) is 4.52 Å². The van der Waals surface area contributed by atoms with Crippen molar-refractivity contribution in [2.45, 2.75) is 19.8 Å². The third-order valence-corrected chi connectivity index (χ3v) is 3.37. The Morgan fingerprint density at radius 1 is 1.10 bits per heavy atom. The maximum Gasteiger partial charge on any atom is 0.283 e. The first-order chi connectivity index (χ1) is 9.65. The van der Waals surface area contributed by atoms with Crippen LogP contribution in [0.3, 0.4) is 0 Å². The maximum absolute atomic E-state index is 12.5. The van der Waals surface area contributed by atoms with E-state index in [1.165, 1.54) is 10.6 Å². The Morgan fingerprint density at radius 3 is 2.45 bits per heavy atom. The average Bonchev–Trinajstić information content (AvgIpc) is 2.89. The van der Waals surface area contributed by atoms with Crippen LogP contribution in [-0.4, -0.2) is 14.1 Å². The van der Waals surface area contributed by atoms with E-state index >= 15 is 0 Å². The summed E-state index contributed by atoms with van der Waals surface area (Å²) in [4.78, 5) is 24.4. The summed E-state index contributed by atoms with van der Waals surface area (Å²) in [5.74, 6) is -0.298. The van der Waals surface area contributed by atoms with E-state index in [0.717, 1.165) is 10.9 Å². The minimum atomic E-state index is -0.384. The van der Waals surface area contributed by atoms with E-state index in [-0.39, 0.29) is 22.6 Å². The molecule has 0 saturated heterocycles. The number of aromatic hydroxyl groups is 1. The molecule has 0 aliphatic heterocycles. The summed E-state index contributed by atoms with van der Waals surface area (Å²) >= 11 is 0. The molecule has 0 saturated carbocycles. The Labute approximate surface area is 114 Å². The second-order valence-corrected chi connectivity index (χ2v) is 4.72. The molecular formula is C15H14N2O3. The number of fused-ring (bicyclic) bond motifs is 1. The lowest BCUT2D eigenvalue weighted by Crippen LogP contribution is -2.16. The fourth-order valence-electron chi connectivity index (χ4n) is 2.51. The second-order valence-electron chi connectivity index (χ2n) is 4.72. The standard InChI is InChI=1S/C15H14N2O3/c1-2-6-11-9-12(18)17-15(20)13(14(19)16(11)17)10-7-4-3-5-8-10/h3-5,7-9,20H,2,6H2,1H3. The van der Waals surface area contributed by atoms with Crippen molar-refractivity contribution in [3.05, 3.63) is 62.8 Å². The zero-order valence-electron chi connectivity index (χ0n) is 11.0. The van der Waals surface area contributed by atoms with E-state index in [9.17, 15) is 14.7 Å².